The first-order valence-corrected chi connectivity index (χ1v) is 9.63. The molecule has 3 aromatic carbocycles. The van der Waals surface area contributed by atoms with Crippen molar-refractivity contribution in [1.29, 1.82) is 0 Å². The number of benzene rings is 3. The van der Waals surface area contributed by atoms with Crippen LogP contribution >= 0.6 is 11.6 Å². The molecule has 1 amide bonds. The van der Waals surface area contributed by atoms with E-state index in [2.05, 4.69) is 5.32 Å². The maximum absolute atomic E-state index is 12.8. The molecular weight excluding hydrogens is 406 g/mol. The monoisotopic (exact) mass is 427 g/mol. The van der Waals surface area contributed by atoms with E-state index in [4.69, 9.17) is 21.1 Å². The highest BCUT2D eigenvalue weighted by Gasteiger charge is 2.22. The molecule has 0 heterocycles. The largest absolute Gasteiger partial charge is 0.507 e. The number of hydrogen-bond donors (Lipinski definition) is 3. The molecule has 0 fully saturated rings. The van der Waals surface area contributed by atoms with E-state index >= 15 is 0 Å². The maximum Gasteiger partial charge on any atom is 0.255 e. The smallest absolute Gasteiger partial charge is 0.255 e. The van der Waals surface area contributed by atoms with Crippen LogP contribution in [-0.2, 0) is 24.5 Å². The van der Waals surface area contributed by atoms with Crippen LogP contribution in [0.2, 0.25) is 5.02 Å². The molecule has 0 aliphatic rings. The molecule has 3 aromatic rings. The third-order valence-corrected chi connectivity index (χ3v) is 4.94. The van der Waals surface area contributed by atoms with Crippen molar-refractivity contribution in [2.45, 2.75) is 19.8 Å². The number of amides is 1. The Labute approximate surface area is 179 Å². The molecule has 0 saturated heterocycles. The van der Waals surface area contributed by atoms with Crippen LogP contribution in [0.3, 0.4) is 0 Å². The minimum absolute atomic E-state index is 0.0284. The van der Waals surface area contributed by atoms with Crippen LogP contribution in [0, 0.1) is 0 Å². The lowest BCUT2D eigenvalue weighted by Gasteiger charge is -2.15. The van der Waals surface area contributed by atoms with Gasteiger partial charge in [0.2, 0.25) is 0 Å². The van der Waals surface area contributed by atoms with E-state index < -0.39 is 5.91 Å². The molecule has 0 radical (unpaired) electrons. The molecule has 0 aliphatic heterocycles. The number of rotatable bonds is 8. The van der Waals surface area contributed by atoms with Gasteiger partial charge in [-0.2, -0.15) is 0 Å². The van der Waals surface area contributed by atoms with Crippen molar-refractivity contribution in [3.05, 3.63) is 87.9 Å². The molecule has 7 heteroatoms. The lowest BCUT2D eigenvalue weighted by atomic mass is 10.0. The van der Waals surface area contributed by atoms with Crippen molar-refractivity contribution < 1.29 is 24.5 Å². The second kappa shape index (κ2) is 10.0. The first kappa shape index (κ1) is 21.5. The van der Waals surface area contributed by atoms with Crippen molar-refractivity contribution in [3.8, 4) is 17.2 Å². The van der Waals surface area contributed by atoms with Crippen LogP contribution in [0.25, 0.3) is 0 Å². The van der Waals surface area contributed by atoms with Gasteiger partial charge in [-0.1, -0.05) is 54.1 Å². The van der Waals surface area contributed by atoms with Gasteiger partial charge in [0, 0.05) is 18.2 Å². The van der Waals surface area contributed by atoms with Gasteiger partial charge in [-0.15, -0.1) is 0 Å². The first-order valence-electron chi connectivity index (χ1n) is 9.25. The lowest BCUT2D eigenvalue weighted by Crippen LogP contribution is -2.24. The number of phenolic OH excluding ortho intramolecular Hbond substituents is 2. The number of carbonyl (C=O) groups excluding carboxylic acids is 1. The van der Waals surface area contributed by atoms with Gasteiger partial charge < -0.3 is 25.0 Å². The van der Waals surface area contributed by atoms with E-state index in [1.165, 1.54) is 0 Å². The Hall–Kier alpha value is -3.22. The zero-order chi connectivity index (χ0) is 21.5. The van der Waals surface area contributed by atoms with Crippen LogP contribution in [0.4, 0.5) is 0 Å². The van der Waals surface area contributed by atoms with E-state index in [9.17, 15) is 15.0 Å². The van der Waals surface area contributed by atoms with Crippen LogP contribution in [0.15, 0.2) is 60.7 Å². The summed E-state index contributed by atoms with van der Waals surface area (Å²) in [6.45, 7) is 0.479. The van der Waals surface area contributed by atoms with Gasteiger partial charge in [-0.3, -0.25) is 4.79 Å². The first-order chi connectivity index (χ1) is 14.5. The number of phenols is 2. The minimum atomic E-state index is -0.525. The summed E-state index contributed by atoms with van der Waals surface area (Å²) in [6, 6.07) is 17.8. The van der Waals surface area contributed by atoms with Crippen molar-refractivity contribution >= 4 is 17.5 Å². The summed E-state index contributed by atoms with van der Waals surface area (Å²) < 4.78 is 10.8. The van der Waals surface area contributed by atoms with Crippen molar-refractivity contribution in [3.63, 3.8) is 0 Å². The SMILES string of the molecule is COc1ccc(CNC(=O)c2c(O)cc(O)c(Cl)c2COCc2ccccc2)cc1. The van der Waals surface area contributed by atoms with Gasteiger partial charge >= 0.3 is 0 Å². The number of halogens is 1. The topological polar surface area (TPSA) is 88.0 Å². The molecule has 0 aromatic heterocycles. The van der Waals surface area contributed by atoms with Crippen molar-refractivity contribution in [2.24, 2.45) is 0 Å². The summed E-state index contributed by atoms with van der Waals surface area (Å²) in [6.07, 6.45) is 0. The van der Waals surface area contributed by atoms with Crippen LogP contribution < -0.4 is 10.1 Å². The minimum Gasteiger partial charge on any atom is -0.507 e. The normalized spacial score (nSPS) is 10.6. The van der Waals surface area contributed by atoms with E-state index in [0.717, 1.165) is 17.2 Å². The molecule has 3 N–H and O–H groups in total. The number of ether oxygens (including phenoxy) is 2. The summed E-state index contributed by atoms with van der Waals surface area (Å²) in [5.74, 6) is -0.504. The molecule has 0 saturated carbocycles. The van der Waals surface area contributed by atoms with E-state index in [1.807, 2.05) is 42.5 Å². The summed E-state index contributed by atoms with van der Waals surface area (Å²) in [5.41, 5.74) is 2.00. The molecule has 0 spiro atoms. The zero-order valence-electron chi connectivity index (χ0n) is 16.4. The summed E-state index contributed by atoms with van der Waals surface area (Å²) in [5, 5.41) is 23.0. The standard InChI is InChI=1S/C23H22ClNO5/c1-29-17-9-7-15(8-10-17)12-25-23(28)21-18(22(24)20(27)11-19(21)26)14-30-13-16-5-3-2-4-6-16/h2-11,26-27H,12-14H2,1H3,(H,25,28). The summed E-state index contributed by atoms with van der Waals surface area (Å²) in [4.78, 5) is 12.8. The molecular formula is C23H22ClNO5. The summed E-state index contributed by atoms with van der Waals surface area (Å²) in [7, 11) is 1.58. The number of nitrogens with one attached hydrogen (secondary N) is 1. The third-order valence-electron chi connectivity index (χ3n) is 4.52. The highest BCUT2D eigenvalue weighted by atomic mass is 35.5. The van der Waals surface area contributed by atoms with Gasteiger partial charge in [0.05, 0.1) is 30.9 Å². The Morgan fingerprint density at radius 2 is 1.67 bits per heavy atom. The fourth-order valence-corrected chi connectivity index (χ4v) is 3.14. The summed E-state index contributed by atoms with van der Waals surface area (Å²) >= 11 is 6.21. The average Bonchev–Trinajstić information content (AvgIpc) is 2.76. The van der Waals surface area contributed by atoms with Gasteiger partial charge in [0.1, 0.15) is 17.2 Å². The highest BCUT2D eigenvalue weighted by Crippen LogP contribution is 2.36. The Kier molecular flexibility index (Phi) is 7.17. The number of aromatic hydroxyl groups is 2. The van der Waals surface area contributed by atoms with E-state index in [1.54, 1.807) is 19.2 Å². The number of methoxy groups -OCH3 is 1. The number of hydrogen-bond acceptors (Lipinski definition) is 5. The fourth-order valence-electron chi connectivity index (χ4n) is 2.93. The van der Waals surface area contributed by atoms with Crippen LogP contribution in [-0.4, -0.2) is 23.2 Å². The van der Waals surface area contributed by atoms with E-state index in [0.29, 0.717) is 12.4 Å². The Morgan fingerprint density at radius 3 is 2.33 bits per heavy atom. The Bertz CT molecular complexity index is 1010. The van der Waals surface area contributed by atoms with Crippen LogP contribution in [0.5, 0.6) is 17.2 Å². The highest BCUT2D eigenvalue weighted by molar-refractivity contribution is 6.33. The lowest BCUT2D eigenvalue weighted by molar-refractivity contribution is 0.0921. The molecule has 0 unspecified atom stereocenters. The molecule has 30 heavy (non-hydrogen) atoms. The molecule has 0 aliphatic carbocycles. The molecule has 6 nitrogen and oxygen atoms in total. The Morgan fingerprint density at radius 1 is 0.967 bits per heavy atom. The molecule has 156 valence electrons. The predicted molar refractivity (Wildman–Crippen MR) is 114 cm³/mol. The number of carbonyl (C=O) groups is 1. The second-order valence-electron chi connectivity index (χ2n) is 6.59. The van der Waals surface area contributed by atoms with E-state index in [-0.39, 0.29) is 40.8 Å². The van der Waals surface area contributed by atoms with Gasteiger partial charge in [-0.05, 0) is 23.3 Å². The van der Waals surface area contributed by atoms with Crippen LogP contribution in [0.1, 0.15) is 27.0 Å². The maximum atomic E-state index is 12.8. The van der Waals surface area contributed by atoms with Gasteiger partial charge in [0.25, 0.3) is 5.91 Å². The zero-order valence-corrected chi connectivity index (χ0v) is 17.1. The van der Waals surface area contributed by atoms with Gasteiger partial charge in [-0.25, -0.2) is 0 Å². The fraction of sp³-hybridized carbons (Fsp3) is 0.174. The second-order valence-corrected chi connectivity index (χ2v) is 6.97. The Balaban J connectivity index is 1.74. The van der Waals surface area contributed by atoms with Crippen molar-refractivity contribution in [2.75, 3.05) is 7.11 Å². The average molecular weight is 428 g/mol. The molecule has 0 bridgehead atoms. The van der Waals surface area contributed by atoms with Gasteiger partial charge in [0.15, 0.2) is 0 Å². The quantitative estimate of drug-likeness (QED) is 0.495. The predicted octanol–water partition coefficient (Wildman–Crippen LogP) is 4.41. The molecule has 0 atom stereocenters. The van der Waals surface area contributed by atoms with Crippen molar-refractivity contribution in [1.82, 2.24) is 5.32 Å². The molecule has 3 rings (SSSR count). The third kappa shape index (κ3) is 5.23.